The van der Waals surface area contributed by atoms with Crippen molar-refractivity contribution in [2.45, 2.75) is 45.8 Å². The second-order valence-electron chi connectivity index (χ2n) is 9.70. The molecule has 0 saturated carbocycles. The van der Waals surface area contributed by atoms with Gasteiger partial charge in [-0.1, -0.05) is 24.3 Å². The average molecular weight is 525 g/mol. The standard InChI is InChI=1S/C30H32N6OS/c1-20-8-4-5-9-25(20)33-27(37)13-17-35-29(28(34-30(35)38)26-10-6-7-14-32-26)24-18-21(2)36(22(24)3)19-23-11-15-31-16-12-23/h4-12,14-16,18,28-29H,13,17,19H2,1-3H3,(H,33,37)(H,34,38)/t28-,29+/m0/s1. The number of nitrogens with zero attached hydrogens (tertiary/aromatic N) is 4. The quantitative estimate of drug-likeness (QED) is 0.307. The van der Waals surface area contributed by atoms with Crippen molar-refractivity contribution in [1.82, 2.24) is 24.8 Å². The summed E-state index contributed by atoms with van der Waals surface area (Å²) in [6.45, 7) is 7.53. The highest BCUT2D eigenvalue weighted by atomic mass is 32.1. The number of hydrogen-bond donors (Lipinski definition) is 2. The largest absolute Gasteiger partial charge is 0.352 e. The van der Waals surface area contributed by atoms with Crippen LogP contribution in [0.2, 0.25) is 0 Å². The molecule has 0 unspecified atom stereocenters. The van der Waals surface area contributed by atoms with E-state index in [4.69, 9.17) is 12.2 Å². The van der Waals surface area contributed by atoms with Crippen molar-refractivity contribution < 1.29 is 4.79 Å². The van der Waals surface area contributed by atoms with Crippen molar-refractivity contribution in [2.75, 3.05) is 11.9 Å². The van der Waals surface area contributed by atoms with Crippen molar-refractivity contribution >= 4 is 28.9 Å². The van der Waals surface area contributed by atoms with Crippen molar-refractivity contribution in [1.29, 1.82) is 0 Å². The number of hydrogen-bond acceptors (Lipinski definition) is 4. The Morgan fingerprint density at radius 2 is 1.79 bits per heavy atom. The van der Waals surface area contributed by atoms with Crippen LogP contribution in [0, 0.1) is 20.8 Å². The molecule has 5 rings (SSSR count). The van der Waals surface area contributed by atoms with Gasteiger partial charge >= 0.3 is 0 Å². The molecule has 2 atom stereocenters. The van der Waals surface area contributed by atoms with E-state index >= 15 is 0 Å². The van der Waals surface area contributed by atoms with E-state index in [-0.39, 0.29) is 18.0 Å². The number of carbonyl (C=O) groups excluding carboxylic acids is 1. The topological polar surface area (TPSA) is 75.1 Å². The SMILES string of the molecule is Cc1ccccc1NC(=O)CCN1C(=S)N[C@@H](c2ccccn2)[C@H]1c1cc(C)n(Cc2ccncc2)c1C. The van der Waals surface area contributed by atoms with E-state index in [0.717, 1.165) is 23.5 Å². The summed E-state index contributed by atoms with van der Waals surface area (Å²) in [5.41, 5.74) is 7.51. The third kappa shape index (κ3) is 5.31. The first-order chi connectivity index (χ1) is 18.4. The molecule has 1 aromatic carbocycles. The third-order valence-electron chi connectivity index (χ3n) is 7.22. The number of para-hydroxylation sites is 1. The van der Waals surface area contributed by atoms with Gasteiger partial charge < -0.3 is 20.1 Å². The summed E-state index contributed by atoms with van der Waals surface area (Å²) < 4.78 is 2.32. The Morgan fingerprint density at radius 3 is 2.53 bits per heavy atom. The number of amides is 1. The minimum absolute atomic E-state index is 0.0368. The molecule has 0 bridgehead atoms. The maximum Gasteiger partial charge on any atom is 0.226 e. The van der Waals surface area contributed by atoms with E-state index in [1.165, 1.54) is 22.5 Å². The zero-order chi connectivity index (χ0) is 26.6. The molecule has 4 aromatic rings. The van der Waals surface area contributed by atoms with Gasteiger partial charge in [0.15, 0.2) is 5.11 Å². The Morgan fingerprint density at radius 1 is 1.03 bits per heavy atom. The summed E-state index contributed by atoms with van der Waals surface area (Å²) in [6, 6.07) is 19.8. The molecule has 1 aliphatic rings. The molecule has 1 aliphatic heterocycles. The molecule has 1 fully saturated rings. The molecule has 0 radical (unpaired) electrons. The van der Waals surface area contributed by atoms with Crippen molar-refractivity contribution in [2.24, 2.45) is 0 Å². The molecule has 3 aromatic heterocycles. The maximum absolute atomic E-state index is 12.9. The van der Waals surface area contributed by atoms with Gasteiger partial charge in [0, 0.05) is 55.2 Å². The van der Waals surface area contributed by atoms with Gasteiger partial charge in [-0.05, 0) is 86.1 Å². The zero-order valence-corrected chi connectivity index (χ0v) is 22.7. The van der Waals surface area contributed by atoms with Crippen molar-refractivity contribution in [3.8, 4) is 0 Å². The lowest BCUT2D eigenvalue weighted by Gasteiger charge is -2.28. The number of thiocarbonyl (C=S) groups is 1. The van der Waals surface area contributed by atoms with Crippen LogP contribution in [0.15, 0.2) is 79.3 Å². The monoisotopic (exact) mass is 524 g/mol. The minimum Gasteiger partial charge on any atom is -0.352 e. The van der Waals surface area contributed by atoms with E-state index < -0.39 is 0 Å². The first-order valence-corrected chi connectivity index (χ1v) is 13.2. The van der Waals surface area contributed by atoms with Gasteiger partial charge in [0.2, 0.25) is 5.91 Å². The molecule has 38 heavy (non-hydrogen) atoms. The molecular weight excluding hydrogens is 492 g/mol. The van der Waals surface area contributed by atoms with Crippen LogP contribution in [0.25, 0.3) is 0 Å². The number of carbonyl (C=O) groups is 1. The molecule has 194 valence electrons. The Labute approximate surface area is 228 Å². The smallest absolute Gasteiger partial charge is 0.226 e. The molecule has 2 N–H and O–H groups in total. The number of pyridine rings is 2. The van der Waals surface area contributed by atoms with Gasteiger partial charge in [-0.3, -0.25) is 14.8 Å². The number of rotatable bonds is 8. The van der Waals surface area contributed by atoms with Gasteiger partial charge in [-0.2, -0.15) is 0 Å². The minimum atomic E-state index is -0.127. The van der Waals surface area contributed by atoms with Crippen LogP contribution in [0.4, 0.5) is 5.69 Å². The van der Waals surface area contributed by atoms with Crippen molar-refractivity contribution in [3.63, 3.8) is 0 Å². The van der Waals surface area contributed by atoms with E-state index in [1.807, 2.05) is 80.1 Å². The van der Waals surface area contributed by atoms with Crippen molar-refractivity contribution in [3.05, 3.63) is 113 Å². The Bertz CT molecular complexity index is 1440. The van der Waals surface area contributed by atoms with Crippen LogP contribution in [0.3, 0.4) is 0 Å². The predicted octanol–water partition coefficient (Wildman–Crippen LogP) is 5.25. The molecule has 0 spiro atoms. The van der Waals surface area contributed by atoms with Crippen LogP contribution in [-0.2, 0) is 11.3 Å². The highest BCUT2D eigenvalue weighted by Gasteiger charge is 2.41. The Kier molecular flexibility index (Phi) is 7.51. The van der Waals surface area contributed by atoms with Crippen LogP contribution in [-0.4, -0.2) is 37.0 Å². The number of aryl methyl sites for hydroxylation is 2. The molecule has 1 saturated heterocycles. The summed E-state index contributed by atoms with van der Waals surface area (Å²) in [7, 11) is 0. The Balaban J connectivity index is 1.43. The maximum atomic E-state index is 12.9. The molecule has 1 amide bonds. The number of benzene rings is 1. The molecule has 8 heteroatoms. The lowest BCUT2D eigenvalue weighted by molar-refractivity contribution is -0.116. The first-order valence-electron chi connectivity index (χ1n) is 12.8. The predicted molar refractivity (Wildman–Crippen MR) is 154 cm³/mol. The third-order valence-corrected chi connectivity index (χ3v) is 7.57. The second-order valence-corrected chi connectivity index (χ2v) is 10.1. The van der Waals surface area contributed by atoms with Gasteiger partial charge in [-0.15, -0.1) is 0 Å². The van der Waals surface area contributed by atoms with Crippen LogP contribution >= 0.6 is 12.2 Å². The lowest BCUT2D eigenvalue weighted by atomic mass is 9.96. The van der Waals surface area contributed by atoms with Crippen LogP contribution in [0.1, 0.15) is 52.3 Å². The molecular formula is C30H32N6OS. The van der Waals surface area contributed by atoms with Crippen LogP contribution < -0.4 is 10.6 Å². The summed E-state index contributed by atoms with van der Waals surface area (Å²) >= 11 is 5.83. The fourth-order valence-electron chi connectivity index (χ4n) is 5.17. The fourth-order valence-corrected chi connectivity index (χ4v) is 5.51. The summed E-state index contributed by atoms with van der Waals surface area (Å²) in [5.74, 6) is -0.0368. The van der Waals surface area contributed by atoms with Crippen LogP contribution in [0.5, 0.6) is 0 Å². The zero-order valence-electron chi connectivity index (χ0n) is 21.9. The van der Waals surface area contributed by atoms with Gasteiger partial charge in [-0.25, -0.2) is 0 Å². The average Bonchev–Trinajstić information content (AvgIpc) is 3.40. The van der Waals surface area contributed by atoms with Gasteiger partial charge in [0.25, 0.3) is 0 Å². The summed E-state index contributed by atoms with van der Waals surface area (Å²) in [6.07, 6.45) is 5.77. The van der Waals surface area contributed by atoms with Gasteiger partial charge in [0.1, 0.15) is 0 Å². The number of aromatic nitrogens is 3. The van der Waals surface area contributed by atoms with Gasteiger partial charge in [0.05, 0.1) is 17.8 Å². The van der Waals surface area contributed by atoms with E-state index in [1.54, 1.807) is 0 Å². The molecule has 0 aliphatic carbocycles. The van der Waals surface area contributed by atoms with E-state index in [0.29, 0.717) is 18.1 Å². The fraction of sp³-hybridized carbons (Fsp3) is 0.267. The highest BCUT2D eigenvalue weighted by molar-refractivity contribution is 7.80. The summed E-state index contributed by atoms with van der Waals surface area (Å²) in [4.78, 5) is 23.9. The van der Waals surface area contributed by atoms with E-state index in [9.17, 15) is 4.79 Å². The molecule has 4 heterocycles. The normalized spacial score (nSPS) is 16.9. The molecule has 7 nitrogen and oxygen atoms in total. The lowest BCUT2D eigenvalue weighted by Crippen LogP contribution is -2.33. The van der Waals surface area contributed by atoms with E-state index in [2.05, 4.69) is 50.0 Å². The number of nitrogens with one attached hydrogen (secondary N) is 2. The highest BCUT2D eigenvalue weighted by Crippen LogP contribution is 2.41. The Hall–Kier alpha value is -4.04. The second kappa shape index (κ2) is 11.1. The summed E-state index contributed by atoms with van der Waals surface area (Å²) in [5, 5.41) is 7.18. The number of anilines is 1. The first kappa shape index (κ1) is 25.6.